The summed E-state index contributed by atoms with van der Waals surface area (Å²) < 4.78 is 5.64. The van der Waals surface area contributed by atoms with Gasteiger partial charge in [-0.3, -0.25) is 14.5 Å². The van der Waals surface area contributed by atoms with Crippen LogP contribution in [-0.4, -0.2) is 41.1 Å². The highest BCUT2D eigenvalue weighted by molar-refractivity contribution is 6.05. The van der Waals surface area contributed by atoms with Crippen molar-refractivity contribution >= 4 is 11.8 Å². The van der Waals surface area contributed by atoms with Gasteiger partial charge in [-0.15, -0.1) is 0 Å². The highest BCUT2D eigenvalue weighted by atomic mass is 16.5. The minimum absolute atomic E-state index is 0.00439. The number of nitrogens with zero attached hydrogens (tertiary/aromatic N) is 1. The number of hydrogen-bond acceptors (Lipinski definition) is 4. The third-order valence-corrected chi connectivity index (χ3v) is 4.75. The minimum Gasteiger partial charge on any atom is -0.491 e. The fraction of sp³-hybridized carbons (Fsp3) is 0.474. The van der Waals surface area contributed by atoms with E-state index in [9.17, 15) is 14.7 Å². The first-order chi connectivity index (χ1) is 11.5. The van der Waals surface area contributed by atoms with Crippen molar-refractivity contribution in [3.8, 4) is 5.75 Å². The second-order valence-electron chi connectivity index (χ2n) is 6.68. The summed E-state index contributed by atoms with van der Waals surface area (Å²) in [4.78, 5) is 25.9. The lowest BCUT2D eigenvalue weighted by molar-refractivity contribution is -0.141. The van der Waals surface area contributed by atoms with E-state index in [1.807, 2.05) is 44.2 Å². The third-order valence-electron chi connectivity index (χ3n) is 4.75. The summed E-state index contributed by atoms with van der Waals surface area (Å²) in [7, 11) is 0. The second kappa shape index (κ2) is 6.77. The van der Waals surface area contributed by atoms with E-state index in [1.54, 1.807) is 0 Å². The molecule has 3 rings (SSSR count). The van der Waals surface area contributed by atoms with E-state index in [1.165, 1.54) is 4.90 Å². The van der Waals surface area contributed by atoms with Crippen molar-refractivity contribution in [2.75, 3.05) is 13.2 Å². The maximum absolute atomic E-state index is 12.4. The van der Waals surface area contributed by atoms with E-state index in [4.69, 9.17) is 4.74 Å². The van der Waals surface area contributed by atoms with Crippen LogP contribution < -0.4 is 4.74 Å². The second-order valence-corrected chi connectivity index (χ2v) is 6.68. The van der Waals surface area contributed by atoms with E-state index in [2.05, 4.69) is 0 Å². The number of ether oxygens (including phenoxy) is 1. The molecule has 0 bridgehead atoms. The summed E-state index contributed by atoms with van der Waals surface area (Å²) in [6, 6.07) is 5.82. The molecule has 24 heavy (non-hydrogen) atoms. The number of fused-ring (bicyclic) bond motifs is 1. The Labute approximate surface area is 141 Å². The van der Waals surface area contributed by atoms with Crippen molar-refractivity contribution < 1.29 is 19.4 Å². The molecular weight excluding hydrogens is 306 g/mol. The van der Waals surface area contributed by atoms with Crippen LogP contribution in [0.1, 0.15) is 24.0 Å². The van der Waals surface area contributed by atoms with Crippen LogP contribution in [0, 0.1) is 25.7 Å². The van der Waals surface area contributed by atoms with Crippen LogP contribution in [0.4, 0.5) is 0 Å². The fourth-order valence-electron chi connectivity index (χ4n) is 3.46. The summed E-state index contributed by atoms with van der Waals surface area (Å²) in [5.41, 5.74) is 2.14. The van der Waals surface area contributed by atoms with Crippen molar-refractivity contribution in [1.82, 2.24) is 4.90 Å². The van der Waals surface area contributed by atoms with Crippen molar-refractivity contribution in [3.63, 3.8) is 0 Å². The average molecular weight is 329 g/mol. The number of aliphatic hydroxyl groups excluding tert-OH is 1. The van der Waals surface area contributed by atoms with Gasteiger partial charge < -0.3 is 9.84 Å². The van der Waals surface area contributed by atoms with Crippen LogP contribution in [0.15, 0.2) is 30.4 Å². The molecule has 0 unspecified atom stereocenters. The summed E-state index contributed by atoms with van der Waals surface area (Å²) in [5.74, 6) is -0.138. The molecule has 1 aromatic carbocycles. The Bertz CT molecular complexity index is 656. The molecule has 3 atom stereocenters. The van der Waals surface area contributed by atoms with Crippen molar-refractivity contribution in [2.45, 2.75) is 32.8 Å². The number of carbonyl (C=O) groups is 2. The lowest BCUT2D eigenvalue weighted by Gasteiger charge is -2.20. The maximum Gasteiger partial charge on any atom is 0.233 e. The van der Waals surface area contributed by atoms with Gasteiger partial charge in [0.25, 0.3) is 0 Å². The Hall–Kier alpha value is -2.14. The molecule has 0 radical (unpaired) electrons. The molecule has 5 nitrogen and oxygen atoms in total. The predicted molar refractivity (Wildman–Crippen MR) is 89.5 cm³/mol. The quantitative estimate of drug-likeness (QED) is 0.663. The number of hydrogen-bond donors (Lipinski definition) is 1. The van der Waals surface area contributed by atoms with Gasteiger partial charge in [-0.1, -0.05) is 29.8 Å². The molecule has 1 N–H and O–H groups in total. The molecule has 128 valence electrons. The molecule has 1 fully saturated rings. The Morgan fingerprint density at radius 1 is 1.17 bits per heavy atom. The van der Waals surface area contributed by atoms with Gasteiger partial charge in [0, 0.05) is 0 Å². The number of imide groups is 1. The SMILES string of the molecule is Cc1ccc(OC[C@H](O)CN2C(=O)[C@@H]3CC=CC[C@H]3C2=O)c(C)c1. The molecule has 0 saturated carbocycles. The monoisotopic (exact) mass is 329 g/mol. The number of allylic oxidation sites excluding steroid dienone is 2. The molecule has 1 aromatic rings. The zero-order chi connectivity index (χ0) is 17.3. The molecule has 0 aromatic heterocycles. The van der Waals surface area contributed by atoms with E-state index in [0.29, 0.717) is 18.6 Å². The molecule has 1 heterocycles. The number of benzene rings is 1. The highest BCUT2D eigenvalue weighted by Crippen LogP contribution is 2.35. The van der Waals surface area contributed by atoms with Gasteiger partial charge in [0.05, 0.1) is 18.4 Å². The Kier molecular flexibility index (Phi) is 4.71. The van der Waals surface area contributed by atoms with E-state index in [0.717, 1.165) is 11.1 Å². The summed E-state index contributed by atoms with van der Waals surface area (Å²) in [5, 5.41) is 10.2. The van der Waals surface area contributed by atoms with Crippen molar-refractivity contribution in [2.24, 2.45) is 11.8 Å². The number of likely N-dealkylation sites (tertiary alicyclic amines) is 1. The van der Waals surface area contributed by atoms with Gasteiger partial charge in [-0.2, -0.15) is 0 Å². The zero-order valence-corrected chi connectivity index (χ0v) is 14.1. The minimum atomic E-state index is -0.897. The molecule has 1 aliphatic heterocycles. The normalized spacial score (nSPS) is 24.2. The van der Waals surface area contributed by atoms with Gasteiger partial charge in [0.2, 0.25) is 11.8 Å². The van der Waals surface area contributed by atoms with Crippen LogP contribution in [0.3, 0.4) is 0 Å². The Morgan fingerprint density at radius 2 is 1.79 bits per heavy atom. The summed E-state index contributed by atoms with van der Waals surface area (Å²) >= 11 is 0. The molecule has 2 amide bonds. The van der Waals surface area contributed by atoms with Crippen LogP contribution in [0.25, 0.3) is 0 Å². The first-order valence-corrected chi connectivity index (χ1v) is 8.35. The number of aliphatic hydroxyl groups is 1. The summed E-state index contributed by atoms with van der Waals surface area (Å²) in [6.45, 7) is 3.99. The van der Waals surface area contributed by atoms with Crippen molar-refractivity contribution in [1.29, 1.82) is 0 Å². The topological polar surface area (TPSA) is 66.8 Å². The van der Waals surface area contributed by atoms with Gasteiger partial charge in [0.1, 0.15) is 18.5 Å². The van der Waals surface area contributed by atoms with Crippen LogP contribution in [-0.2, 0) is 9.59 Å². The molecule has 0 spiro atoms. The highest BCUT2D eigenvalue weighted by Gasteiger charge is 2.47. The van der Waals surface area contributed by atoms with Crippen LogP contribution >= 0.6 is 0 Å². The van der Waals surface area contributed by atoms with Crippen molar-refractivity contribution in [3.05, 3.63) is 41.5 Å². The first-order valence-electron chi connectivity index (χ1n) is 8.35. The summed E-state index contributed by atoms with van der Waals surface area (Å²) in [6.07, 6.45) is 4.24. The lowest BCUT2D eigenvalue weighted by Crippen LogP contribution is -2.40. The van der Waals surface area contributed by atoms with E-state index < -0.39 is 6.10 Å². The van der Waals surface area contributed by atoms with Gasteiger partial charge in [-0.05, 0) is 38.3 Å². The van der Waals surface area contributed by atoms with E-state index in [-0.39, 0.29) is 36.8 Å². The fourth-order valence-corrected chi connectivity index (χ4v) is 3.46. The van der Waals surface area contributed by atoms with Gasteiger partial charge in [-0.25, -0.2) is 0 Å². The van der Waals surface area contributed by atoms with E-state index >= 15 is 0 Å². The van der Waals surface area contributed by atoms with Crippen LogP contribution in [0.2, 0.25) is 0 Å². The Balaban J connectivity index is 1.58. The van der Waals surface area contributed by atoms with Crippen LogP contribution in [0.5, 0.6) is 5.75 Å². The third kappa shape index (κ3) is 3.22. The standard InChI is InChI=1S/C19H23NO4/c1-12-7-8-17(13(2)9-12)24-11-14(21)10-20-18(22)15-5-3-4-6-16(15)19(20)23/h3-4,7-9,14-16,21H,5-6,10-11H2,1-2H3/t14-,15-,16-/m1/s1. The average Bonchev–Trinajstić information content (AvgIpc) is 2.79. The predicted octanol–water partition coefficient (Wildman–Crippen LogP) is 1.99. The Morgan fingerprint density at radius 3 is 2.38 bits per heavy atom. The molecule has 5 heteroatoms. The zero-order valence-electron chi connectivity index (χ0n) is 14.1. The van der Waals surface area contributed by atoms with Gasteiger partial charge >= 0.3 is 0 Å². The number of carbonyl (C=O) groups excluding carboxylic acids is 2. The number of aryl methyl sites for hydroxylation is 2. The molecule has 1 saturated heterocycles. The lowest BCUT2D eigenvalue weighted by atomic mass is 9.85. The molecule has 2 aliphatic rings. The number of amides is 2. The molecular formula is C19H23NO4. The smallest absolute Gasteiger partial charge is 0.233 e. The largest absolute Gasteiger partial charge is 0.491 e. The number of rotatable bonds is 5. The molecule has 1 aliphatic carbocycles. The first kappa shape index (κ1) is 16.7. The maximum atomic E-state index is 12.4. The number of β-amino-alcohol motifs (C(OH)–C–C–N with tert-alkyl or cyclic N) is 1. The van der Waals surface area contributed by atoms with Gasteiger partial charge in [0.15, 0.2) is 0 Å².